The van der Waals surface area contributed by atoms with Gasteiger partial charge in [-0.15, -0.1) is 0 Å². The molecule has 1 aromatic carbocycles. The van der Waals surface area contributed by atoms with E-state index in [0.29, 0.717) is 5.57 Å². The van der Waals surface area contributed by atoms with Crippen molar-refractivity contribution < 1.29 is 4.79 Å². The van der Waals surface area contributed by atoms with Gasteiger partial charge in [0.15, 0.2) is 5.78 Å². The summed E-state index contributed by atoms with van der Waals surface area (Å²) in [5.41, 5.74) is 2.49. The number of hydrogen-bond donors (Lipinski definition) is 0. The van der Waals surface area contributed by atoms with Crippen molar-refractivity contribution in [3.63, 3.8) is 0 Å². The number of nitrogens with zero attached hydrogens (tertiary/aromatic N) is 1. The molecular weight excluding hydrogens is 282 g/mol. The number of hydrogen-bond acceptors (Lipinski definition) is 2. The van der Waals surface area contributed by atoms with Gasteiger partial charge in [-0.25, -0.2) is 0 Å². The van der Waals surface area contributed by atoms with Crippen molar-refractivity contribution in [2.75, 3.05) is 0 Å². The molecule has 2 aliphatic rings. The van der Waals surface area contributed by atoms with E-state index in [-0.39, 0.29) is 17.1 Å². The molecule has 0 bridgehead atoms. The molecule has 0 aliphatic heterocycles. The molecule has 2 nitrogen and oxygen atoms in total. The summed E-state index contributed by atoms with van der Waals surface area (Å²) < 4.78 is 0. The first-order valence-electron chi connectivity index (χ1n) is 8.26. The van der Waals surface area contributed by atoms with Crippen LogP contribution in [0.4, 0.5) is 0 Å². The van der Waals surface area contributed by atoms with Crippen molar-refractivity contribution >= 4 is 5.78 Å². The summed E-state index contributed by atoms with van der Waals surface area (Å²) in [7, 11) is 0. The Morgan fingerprint density at radius 2 is 1.91 bits per heavy atom. The van der Waals surface area contributed by atoms with Crippen molar-refractivity contribution in [1.29, 1.82) is 5.26 Å². The topological polar surface area (TPSA) is 40.9 Å². The average molecular weight is 305 g/mol. The number of carbonyl (C=O) groups excluding carboxylic acids is 1. The quantitative estimate of drug-likeness (QED) is 0.747. The molecule has 0 radical (unpaired) electrons. The maximum atomic E-state index is 12.5. The zero-order chi connectivity index (χ0) is 16.7. The lowest BCUT2D eigenvalue weighted by Crippen LogP contribution is -2.47. The summed E-state index contributed by atoms with van der Waals surface area (Å²) in [5.74, 6) is 0.265. The van der Waals surface area contributed by atoms with Crippen molar-refractivity contribution in [3.8, 4) is 6.07 Å². The lowest BCUT2D eigenvalue weighted by Gasteiger charge is -2.49. The summed E-state index contributed by atoms with van der Waals surface area (Å²) in [4.78, 5) is 12.5. The van der Waals surface area contributed by atoms with Crippen molar-refractivity contribution in [3.05, 3.63) is 59.2 Å². The van der Waals surface area contributed by atoms with Crippen LogP contribution in [0.25, 0.3) is 0 Å². The van der Waals surface area contributed by atoms with Gasteiger partial charge < -0.3 is 0 Å². The molecule has 1 aromatic rings. The SMILES string of the molecule is CC1(C)C(=O)C(C#N)=C[C@]2(C)CC(Cc3ccccc3)=CC[C@H]12. The number of fused-ring (bicyclic) bond motifs is 1. The van der Waals surface area contributed by atoms with Gasteiger partial charge >= 0.3 is 0 Å². The van der Waals surface area contributed by atoms with Crippen LogP contribution >= 0.6 is 0 Å². The molecule has 0 saturated heterocycles. The molecule has 0 fully saturated rings. The van der Waals surface area contributed by atoms with Crippen LogP contribution in [0.15, 0.2) is 53.6 Å². The number of rotatable bonds is 2. The third kappa shape index (κ3) is 2.65. The maximum absolute atomic E-state index is 12.5. The molecule has 0 spiro atoms. The van der Waals surface area contributed by atoms with Crippen LogP contribution in [-0.2, 0) is 11.2 Å². The van der Waals surface area contributed by atoms with Gasteiger partial charge in [-0.1, -0.05) is 68.8 Å². The van der Waals surface area contributed by atoms with Crippen LogP contribution in [0, 0.1) is 28.1 Å². The Morgan fingerprint density at radius 1 is 1.22 bits per heavy atom. The molecule has 3 rings (SSSR count). The Bertz CT molecular complexity index is 733. The zero-order valence-electron chi connectivity index (χ0n) is 14.1. The summed E-state index contributed by atoms with van der Waals surface area (Å²) in [6, 6.07) is 12.6. The van der Waals surface area contributed by atoms with E-state index >= 15 is 0 Å². The summed E-state index contributed by atoms with van der Waals surface area (Å²) in [6.07, 6.45) is 7.05. The fourth-order valence-electron chi connectivity index (χ4n) is 4.49. The minimum Gasteiger partial charge on any atom is -0.293 e. The second-order valence-electron chi connectivity index (χ2n) is 7.72. The van der Waals surface area contributed by atoms with Crippen LogP contribution in [0.2, 0.25) is 0 Å². The van der Waals surface area contributed by atoms with E-state index in [2.05, 4.69) is 43.3 Å². The highest BCUT2D eigenvalue weighted by Gasteiger charge is 2.51. The Balaban J connectivity index is 1.93. The molecule has 2 aliphatic carbocycles. The minimum atomic E-state index is -0.469. The maximum Gasteiger partial charge on any atom is 0.178 e. The predicted octanol–water partition coefficient (Wildman–Crippen LogP) is 4.63. The van der Waals surface area contributed by atoms with Crippen LogP contribution in [0.3, 0.4) is 0 Å². The molecule has 0 aromatic heterocycles. The average Bonchev–Trinajstić information content (AvgIpc) is 2.52. The van der Waals surface area contributed by atoms with E-state index < -0.39 is 5.41 Å². The highest BCUT2D eigenvalue weighted by atomic mass is 16.1. The van der Waals surface area contributed by atoms with E-state index in [1.165, 1.54) is 11.1 Å². The predicted molar refractivity (Wildman–Crippen MR) is 91.5 cm³/mol. The molecule has 0 heterocycles. The fraction of sp³-hybridized carbons (Fsp3) is 0.429. The first-order chi connectivity index (χ1) is 10.9. The van der Waals surface area contributed by atoms with Crippen LogP contribution in [0.5, 0.6) is 0 Å². The highest BCUT2D eigenvalue weighted by molar-refractivity contribution is 6.04. The van der Waals surface area contributed by atoms with E-state index in [0.717, 1.165) is 19.3 Å². The van der Waals surface area contributed by atoms with Crippen LogP contribution < -0.4 is 0 Å². The molecule has 2 heteroatoms. The third-order valence-electron chi connectivity index (χ3n) is 5.62. The van der Waals surface area contributed by atoms with Gasteiger partial charge in [-0.05, 0) is 36.2 Å². The zero-order valence-corrected chi connectivity index (χ0v) is 14.1. The standard InChI is InChI=1S/C21H23NO/c1-20(2)18-10-9-16(11-15-7-5-4-6-8-15)12-21(18,3)13-17(14-22)19(20)23/h4-9,13,18H,10-12H2,1-3H3/t18-,21+/m1/s1. The summed E-state index contributed by atoms with van der Waals surface area (Å²) >= 11 is 0. The number of benzene rings is 1. The third-order valence-corrected chi connectivity index (χ3v) is 5.62. The smallest absolute Gasteiger partial charge is 0.178 e. The second kappa shape index (κ2) is 5.49. The molecule has 23 heavy (non-hydrogen) atoms. The van der Waals surface area contributed by atoms with Gasteiger partial charge in [0.25, 0.3) is 0 Å². The Kier molecular flexibility index (Phi) is 3.76. The Hall–Kier alpha value is -2.14. The van der Waals surface area contributed by atoms with Gasteiger partial charge in [0.05, 0.1) is 5.57 Å². The fourth-order valence-corrected chi connectivity index (χ4v) is 4.49. The van der Waals surface area contributed by atoms with E-state index in [1.807, 2.05) is 26.0 Å². The largest absolute Gasteiger partial charge is 0.293 e. The molecule has 118 valence electrons. The van der Waals surface area contributed by atoms with Crippen LogP contribution in [0.1, 0.15) is 39.2 Å². The Morgan fingerprint density at radius 3 is 2.57 bits per heavy atom. The molecule has 0 N–H and O–H groups in total. The number of allylic oxidation sites excluding steroid dienone is 4. The van der Waals surface area contributed by atoms with E-state index in [4.69, 9.17) is 0 Å². The monoisotopic (exact) mass is 305 g/mol. The van der Waals surface area contributed by atoms with Crippen molar-refractivity contribution in [2.24, 2.45) is 16.7 Å². The van der Waals surface area contributed by atoms with Crippen LogP contribution in [-0.4, -0.2) is 5.78 Å². The lowest BCUT2D eigenvalue weighted by atomic mass is 9.53. The summed E-state index contributed by atoms with van der Waals surface area (Å²) in [6.45, 7) is 6.21. The van der Waals surface area contributed by atoms with Crippen molar-refractivity contribution in [2.45, 2.75) is 40.0 Å². The van der Waals surface area contributed by atoms with Gasteiger partial charge in [-0.2, -0.15) is 5.26 Å². The van der Waals surface area contributed by atoms with Gasteiger partial charge in [0.2, 0.25) is 0 Å². The first-order valence-corrected chi connectivity index (χ1v) is 8.26. The van der Waals surface area contributed by atoms with E-state index in [1.54, 1.807) is 0 Å². The molecule has 0 saturated carbocycles. The first kappa shape index (κ1) is 15.7. The second-order valence-corrected chi connectivity index (χ2v) is 7.72. The van der Waals surface area contributed by atoms with E-state index in [9.17, 15) is 10.1 Å². The summed E-state index contributed by atoms with van der Waals surface area (Å²) in [5, 5.41) is 9.35. The molecule has 0 unspecified atom stereocenters. The normalized spacial score (nSPS) is 29.1. The molecular formula is C21H23NO. The van der Waals surface area contributed by atoms with Gasteiger partial charge in [-0.3, -0.25) is 4.79 Å². The Labute approximate surface area is 138 Å². The van der Waals surface area contributed by atoms with Gasteiger partial charge in [0, 0.05) is 5.41 Å². The molecule has 0 amide bonds. The number of ketones is 1. The highest BCUT2D eigenvalue weighted by Crippen LogP contribution is 2.54. The number of carbonyl (C=O) groups is 1. The lowest BCUT2D eigenvalue weighted by molar-refractivity contribution is -0.129. The number of nitriles is 1. The molecule has 2 atom stereocenters. The minimum absolute atomic E-state index is 0.00221. The number of Topliss-reactive ketones (excluding diaryl/α,β-unsaturated/α-hetero) is 1. The van der Waals surface area contributed by atoms with Gasteiger partial charge in [0.1, 0.15) is 6.07 Å². The van der Waals surface area contributed by atoms with Crippen molar-refractivity contribution in [1.82, 2.24) is 0 Å².